The van der Waals surface area contributed by atoms with E-state index in [1.165, 1.54) is 28.2 Å². The van der Waals surface area contributed by atoms with Crippen LogP contribution in [0.4, 0.5) is 0 Å². The van der Waals surface area contributed by atoms with Crippen LogP contribution in [0.3, 0.4) is 0 Å². The lowest BCUT2D eigenvalue weighted by Gasteiger charge is -2.28. The largest absolute Gasteiger partial charge is 0.334 e. The Hall–Kier alpha value is -1.92. The van der Waals surface area contributed by atoms with E-state index in [1.807, 2.05) is 36.2 Å². The number of amides is 1. The van der Waals surface area contributed by atoms with Crippen LogP contribution in [0.15, 0.2) is 10.9 Å². The van der Waals surface area contributed by atoms with E-state index in [2.05, 4.69) is 24.1 Å². The number of aryl methyl sites for hydroxylation is 3. The third-order valence-electron chi connectivity index (χ3n) is 6.94. The minimum Gasteiger partial charge on any atom is -0.334 e. The zero-order valence-corrected chi connectivity index (χ0v) is 19.4. The number of hydrogen-bond acceptors (Lipinski definition) is 4. The summed E-state index contributed by atoms with van der Waals surface area (Å²) in [4.78, 5) is 33.5. The van der Waals surface area contributed by atoms with Crippen molar-refractivity contribution < 1.29 is 4.79 Å². The first-order valence-corrected chi connectivity index (χ1v) is 12.0. The number of hydrogen-bond donors (Lipinski definition) is 2. The predicted octanol–water partition coefficient (Wildman–Crippen LogP) is 4.05. The molecule has 0 aliphatic carbocycles. The third-order valence-corrected chi connectivity index (χ3v) is 8.49. The molecule has 0 bridgehead atoms. The summed E-state index contributed by atoms with van der Waals surface area (Å²) in [6.45, 7) is 11.6. The second kappa shape index (κ2) is 8.67. The summed E-state index contributed by atoms with van der Waals surface area (Å²) in [5.41, 5.74) is 4.52. The van der Waals surface area contributed by atoms with Crippen LogP contribution in [0, 0.1) is 26.7 Å². The highest BCUT2D eigenvalue weighted by Gasteiger charge is 2.32. The molecule has 0 unspecified atom stereocenters. The normalized spacial score (nSPS) is 18.9. The van der Waals surface area contributed by atoms with Gasteiger partial charge in [-0.2, -0.15) is 0 Å². The van der Waals surface area contributed by atoms with Crippen molar-refractivity contribution in [1.29, 1.82) is 0 Å². The van der Waals surface area contributed by atoms with Crippen LogP contribution in [0.25, 0.3) is 0 Å². The molecule has 162 valence electrons. The van der Waals surface area contributed by atoms with E-state index >= 15 is 0 Å². The lowest BCUT2D eigenvalue weighted by molar-refractivity contribution is 0.0747. The Bertz CT molecular complexity index is 1000. The predicted molar refractivity (Wildman–Crippen MR) is 123 cm³/mol. The molecule has 1 fully saturated rings. The van der Waals surface area contributed by atoms with Gasteiger partial charge in [-0.15, -0.1) is 11.3 Å². The summed E-state index contributed by atoms with van der Waals surface area (Å²) >= 11 is 1.86. The number of aromatic amines is 1. The summed E-state index contributed by atoms with van der Waals surface area (Å²) in [5.74, 6) is 1.28. The van der Waals surface area contributed by atoms with E-state index in [0.29, 0.717) is 30.5 Å². The van der Waals surface area contributed by atoms with E-state index in [4.69, 9.17) is 0 Å². The first kappa shape index (κ1) is 21.3. The SMILES string of the molecule is Cc1cc(C)c(CN2CCCc3sc([C@H](C)C4CCNCC4)c(C)c3C2=O)c(=O)[nH]1. The average molecular weight is 428 g/mol. The lowest BCUT2D eigenvalue weighted by Crippen LogP contribution is -2.33. The molecule has 0 spiro atoms. The number of H-pyrrole nitrogens is 1. The van der Waals surface area contributed by atoms with Crippen LogP contribution in [0.1, 0.15) is 74.6 Å². The summed E-state index contributed by atoms with van der Waals surface area (Å²) < 4.78 is 0. The van der Waals surface area contributed by atoms with Crippen molar-refractivity contribution >= 4 is 17.2 Å². The van der Waals surface area contributed by atoms with Gasteiger partial charge in [0.15, 0.2) is 0 Å². The van der Waals surface area contributed by atoms with Gasteiger partial charge in [0.1, 0.15) is 0 Å². The maximum atomic E-state index is 13.6. The van der Waals surface area contributed by atoms with Crippen LogP contribution in [-0.2, 0) is 13.0 Å². The molecule has 0 radical (unpaired) electrons. The molecule has 5 nitrogen and oxygen atoms in total. The smallest absolute Gasteiger partial charge is 0.255 e. The fourth-order valence-electron chi connectivity index (χ4n) is 5.15. The van der Waals surface area contributed by atoms with Gasteiger partial charge in [0.2, 0.25) is 0 Å². The Balaban J connectivity index is 1.63. The molecule has 2 aromatic heterocycles. The summed E-state index contributed by atoms with van der Waals surface area (Å²) in [7, 11) is 0. The molecule has 1 saturated heterocycles. The van der Waals surface area contributed by atoms with Crippen molar-refractivity contribution in [3.63, 3.8) is 0 Å². The molecule has 2 aliphatic heterocycles. The molecular weight excluding hydrogens is 394 g/mol. The highest BCUT2D eigenvalue weighted by Crippen LogP contribution is 2.41. The molecule has 1 atom stereocenters. The number of fused-ring (bicyclic) bond motifs is 1. The number of thiophene rings is 1. The topological polar surface area (TPSA) is 65.2 Å². The Morgan fingerprint density at radius 3 is 2.63 bits per heavy atom. The van der Waals surface area contributed by atoms with E-state index in [9.17, 15) is 9.59 Å². The van der Waals surface area contributed by atoms with Gasteiger partial charge < -0.3 is 15.2 Å². The van der Waals surface area contributed by atoms with Crippen molar-refractivity contribution in [3.8, 4) is 0 Å². The van der Waals surface area contributed by atoms with E-state index in [1.54, 1.807) is 0 Å². The van der Waals surface area contributed by atoms with Gasteiger partial charge in [0.25, 0.3) is 11.5 Å². The number of nitrogens with zero attached hydrogens (tertiary/aromatic N) is 1. The number of piperidine rings is 1. The van der Waals surface area contributed by atoms with Crippen molar-refractivity contribution in [1.82, 2.24) is 15.2 Å². The Kier molecular flexibility index (Phi) is 6.16. The molecule has 2 aliphatic rings. The molecule has 0 aromatic carbocycles. The molecule has 30 heavy (non-hydrogen) atoms. The van der Waals surface area contributed by atoms with Crippen LogP contribution in [0.5, 0.6) is 0 Å². The number of carbonyl (C=O) groups is 1. The van der Waals surface area contributed by atoms with Crippen LogP contribution >= 0.6 is 11.3 Å². The monoisotopic (exact) mass is 427 g/mol. The van der Waals surface area contributed by atoms with Crippen molar-refractivity contribution in [2.45, 2.75) is 65.8 Å². The first-order valence-electron chi connectivity index (χ1n) is 11.2. The summed E-state index contributed by atoms with van der Waals surface area (Å²) in [6, 6.07) is 1.99. The third kappa shape index (κ3) is 4.00. The molecule has 2 N–H and O–H groups in total. The first-order chi connectivity index (χ1) is 14.4. The van der Waals surface area contributed by atoms with Crippen LogP contribution in [0.2, 0.25) is 0 Å². The number of rotatable bonds is 4. The van der Waals surface area contributed by atoms with E-state index in [0.717, 1.165) is 42.8 Å². The van der Waals surface area contributed by atoms with E-state index in [-0.39, 0.29) is 11.5 Å². The zero-order valence-electron chi connectivity index (χ0n) is 18.6. The van der Waals surface area contributed by atoms with Crippen molar-refractivity contribution in [3.05, 3.63) is 54.1 Å². The van der Waals surface area contributed by atoms with Gasteiger partial charge in [-0.1, -0.05) is 6.92 Å². The maximum absolute atomic E-state index is 13.6. The van der Waals surface area contributed by atoms with Gasteiger partial charge in [-0.25, -0.2) is 0 Å². The van der Waals surface area contributed by atoms with Crippen LogP contribution < -0.4 is 10.9 Å². The Morgan fingerprint density at radius 2 is 1.93 bits per heavy atom. The number of aromatic nitrogens is 1. The molecule has 6 heteroatoms. The molecule has 4 rings (SSSR count). The molecule has 1 amide bonds. The van der Waals surface area contributed by atoms with E-state index < -0.39 is 0 Å². The minimum absolute atomic E-state index is 0.0768. The quantitative estimate of drug-likeness (QED) is 0.774. The summed E-state index contributed by atoms with van der Waals surface area (Å²) in [6.07, 6.45) is 4.31. The fraction of sp³-hybridized carbons (Fsp3) is 0.583. The van der Waals surface area contributed by atoms with Crippen molar-refractivity contribution in [2.24, 2.45) is 5.92 Å². The van der Waals surface area contributed by atoms with Gasteiger partial charge in [-0.05, 0) is 88.6 Å². The summed E-state index contributed by atoms with van der Waals surface area (Å²) in [5, 5.41) is 3.46. The second-order valence-corrected chi connectivity index (χ2v) is 10.2. The lowest BCUT2D eigenvalue weighted by atomic mass is 9.83. The number of pyridine rings is 1. The van der Waals surface area contributed by atoms with Gasteiger partial charge in [0, 0.05) is 27.6 Å². The Morgan fingerprint density at radius 1 is 1.20 bits per heavy atom. The minimum atomic E-state index is -0.0768. The van der Waals surface area contributed by atoms with Crippen LogP contribution in [-0.4, -0.2) is 35.4 Å². The van der Waals surface area contributed by atoms with Crippen molar-refractivity contribution in [2.75, 3.05) is 19.6 Å². The highest BCUT2D eigenvalue weighted by molar-refractivity contribution is 7.12. The molecule has 0 saturated carbocycles. The second-order valence-electron chi connectivity index (χ2n) is 9.04. The maximum Gasteiger partial charge on any atom is 0.255 e. The standard InChI is InChI=1S/C24H33N3O2S/c1-14-12-15(2)26-23(28)19(14)13-27-11-5-6-20-21(24(27)29)17(4)22(30-20)16(3)18-7-9-25-10-8-18/h12,16,18,25H,5-11,13H2,1-4H3,(H,26,28)/t16-/m1/s1. The highest BCUT2D eigenvalue weighted by atomic mass is 32.1. The van der Waals surface area contributed by atoms with Gasteiger partial charge in [-0.3, -0.25) is 9.59 Å². The molecular formula is C24H33N3O2S. The molecule has 2 aromatic rings. The Labute approximate surface area is 182 Å². The zero-order chi connectivity index (χ0) is 21.4. The number of carbonyl (C=O) groups excluding carboxylic acids is 1. The van der Waals surface area contributed by atoms with Gasteiger partial charge in [0.05, 0.1) is 12.1 Å². The molecule has 4 heterocycles. The van der Waals surface area contributed by atoms with Gasteiger partial charge >= 0.3 is 0 Å². The number of nitrogens with one attached hydrogen (secondary N) is 2. The average Bonchev–Trinajstić information content (AvgIpc) is 2.95. The fourth-order valence-corrected chi connectivity index (χ4v) is 6.64.